The lowest BCUT2D eigenvalue weighted by Gasteiger charge is -2.35. The zero-order valence-corrected chi connectivity index (χ0v) is 12.6. The number of benzene rings is 1. The van der Waals surface area contributed by atoms with E-state index >= 15 is 0 Å². The molecule has 0 amide bonds. The fraction of sp³-hybridized carbons (Fsp3) is 0.562. The molecule has 1 saturated heterocycles. The van der Waals surface area contributed by atoms with E-state index in [4.69, 9.17) is 4.74 Å². The number of hydrogen-bond acceptors (Lipinski definition) is 4. The van der Waals surface area contributed by atoms with Crippen molar-refractivity contribution in [1.82, 2.24) is 4.90 Å². The van der Waals surface area contributed by atoms with E-state index < -0.39 is 12.0 Å². The summed E-state index contributed by atoms with van der Waals surface area (Å²) >= 11 is 0. The molecule has 1 heterocycles. The Labute approximate surface area is 125 Å². The second-order valence-electron chi connectivity index (χ2n) is 5.59. The Kier molecular flexibility index (Phi) is 5.07. The normalized spacial score (nSPS) is 18.4. The Hall–Kier alpha value is -1.75. The summed E-state index contributed by atoms with van der Waals surface area (Å²) in [5.74, 6) is -0.0375. The van der Waals surface area contributed by atoms with Crippen LogP contribution in [0.4, 0.5) is 0 Å². The van der Waals surface area contributed by atoms with E-state index in [1.165, 1.54) is 0 Å². The first kappa shape index (κ1) is 15.6. The average molecular weight is 293 g/mol. The van der Waals surface area contributed by atoms with Crippen molar-refractivity contribution < 1.29 is 19.7 Å². The van der Waals surface area contributed by atoms with Crippen LogP contribution in [0.5, 0.6) is 11.5 Å². The Morgan fingerprint density at radius 1 is 1.43 bits per heavy atom. The summed E-state index contributed by atoms with van der Waals surface area (Å²) in [6.07, 6.45) is 1.96. The maximum absolute atomic E-state index is 11.7. The Morgan fingerprint density at radius 2 is 2.10 bits per heavy atom. The van der Waals surface area contributed by atoms with Gasteiger partial charge in [-0.25, -0.2) is 0 Å². The smallest absolute Gasteiger partial charge is 0.325 e. The molecule has 5 nitrogen and oxygen atoms in total. The molecule has 21 heavy (non-hydrogen) atoms. The van der Waals surface area contributed by atoms with Crippen LogP contribution in [0.3, 0.4) is 0 Å². The van der Waals surface area contributed by atoms with Crippen molar-refractivity contribution >= 4 is 5.97 Å². The van der Waals surface area contributed by atoms with Gasteiger partial charge < -0.3 is 14.9 Å². The topological polar surface area (TPSA) is 70.0 Å². The van der Waals surface area contributed by atoms with Crippen LogP contribution in [0, 0.1) is 5.92 Å². The van der Waals surface area contributed by atoms with Gasteiger partial charge in [0.15, 0.2) is 11.5 Å². The van der Waals surface area contributed by atoms with Crippen molar-refractivity contribution in [3.05, 3.63) is 23.8 Å². The first-order chi connectivity index (χ1) is 10.0. The molecular formula is C16H23NO4. The standard InChI is InChI=1S/C16H23NO4/c1-3-21-13-6-4-5-12(15(13)18)14(16(19)20)17-9-7-11(2)8-10-17/h4-6,11,14,18H,3,7-10H2,1-2H3,(H,19,20). The van der Waals surface area contributed by atoms with E-state index in [1.54, 1.807) is 18.2 Å². The molecule has 2 rings (SSSR count). The number of carboxylic acid groups (broad SMARTS) is 1. The van der Waals surface area contributed by atoms with Crippen LogP contribution in [-0.2, 0) is 4.79 Å². The highest BCUT2D eigenvalue weighted by atomic mass is 16.5. The summed E-state index contributed by atoms with van der Waals surface area (Å²) in [6, 6.07) is 4.22. The van der Waals surface area contributed by atoms with E-state index in [2.05, 4.69) is 6.92 Å². The lowest BCUT2D eigenvalue weighted by atomic mass is 9.95. The predicted molar refractivity (Wildman–Crippen MR) is 79.6 cm³/mol. The highest BCUT2D eigenvalue weighted by molar-refractivity contribution is 5.77. The molecule has 0 radical (unpaired) electrons. The van der Waals surface area contributed by atoms with Crippen LogP contribution in [0.2, 0.25) is 0 Å². The number of ether oxygens (including phenoxy) is 1. The maximum Gasteiger partial charge on any atom is 0.325 e. The monoisotopic (exact) mass is 293 g/mol. The quantitative estimate of drug-likeness (QED) is 0.873. The Balaban J connectivity index is 2.30. The first-order valence-electron chi connectivity index (χ1n) is 7.46. The summed E-state index contributed by atoms with van der Waals surface area (Å²) < 4.78 is 5.35. The van der Waals surface area contributed by atoms with E-state index in [0.717, 1.165) is 25.9 Å². The van der Waals surface area contributed by atoms with Crippen molar-refractivity contribution in [3.63, 3.8) is 0 Å². The van der Waals surface area contributed by atoms with Crippen LogP contribution in [0.1, 0.15) is 38.3 Å². The second-order valence-corrected chi connectivity index (χ2v) is 5.59. The SMILES string of the molecule is CCOc1cccc(C(C(=O)O)N2CCC(C)CC2)c1O. The number of carboxylic acids is 1. The van der Waals surface area contributed by atoms with Gasteiger partial charge in [-0.15, -0.1) is 0 Å². The van der Waals surface area contributed by atoms with Crippen molar-refractivity contribution in [2.45, 2.75) is 32.7 Å². The Morgan fingerprint density at radius 3 is 2.67 bits per heavy atom. The lowest BCUT2D eigenvalue weighted by molar-refractivity contribution is -0.144. The molecule has 1 unspecified atom stereocenters. The summed E-state index contributed by atoms with van der Waals surface area (Å²) in [6.45, 7) is 5.90. The summed E-state index contributed by atoms with van der Waals surface area (Å²) in [4.78, 5) is 13.6. The number of nitrogens with zero attached hydrogens (tertiary/aromatic N) is 1. The third-order valence-corrected chi connectivity index (χ3v) is 4.04. The van der Waals surface area contributed by atoms with Gasteiger partial charge in [0.1, 0.15) is 6.04 Å². The minimum Gasteiger partial charge on any atom is -0.504 e. The largest absolute Gasteiger partial charge is 0.504 e. The van der Waals surface area contributed by atoms with Crippen LogP contribution >= 0.6 is 0 Å². The number of para-hydroxylation sites is 1. The third kappa shape index (κ3) is 3.47. The number of phenolic OH excluding ortho intramolecular Hbond substituents is 1. The first-order valence-corrected chi connectivity index (χ1v) is 7.46. The van der Waals surface area contributed by atoms with Gasteiger partial charge in [-0.3, -0.25) is 9.69 Å². The highest BCUT2D eigenvalue weighted by Crippen LogP contribution is 2.37. The number of piperidine rings is 1. The van der Waals surface area contributed by atoms with Gasteiger partial charge in [0.25, 0.3) is 0 Å². The molecule has 1 aromatic carbocycles. The van der Waals surface area contributed by atoms with Gasteiger partial charge in [-0.05, 0) is 44.8 Å². The molecule has 0 aliphatic carbocycles. The van der Waals surface area contributed by atoms with E-state index in [9.17, 15) is 15.0 Å². The molecule has 0 aromatic heterocycles. The molecule has 1 atom stereocenters. The van der Waals surface area contributed by atoms with Gasteiger partial charge in [0.2, 0.25) is 0 Å². The van der Waals surface area contributed by atoms with Crippen LogP contribution < -0.4 is 4.74 Å². The van der Waals surface area contributed by atoms with Crippen molar-refractivity contribution in [3.8, 4) is 11.5 Å². The highest BCUT2D eigenvalue weighted by Gasteiger charge is 2.32. The number of aliphatic carboxylic acids is 1. The zero-order valence-electron chi connectivity index (χ0n) is 12.6. The fourth-order valence-corrected chi connectivity index (χ4v) is 2.80. The number of aromatic hydroxyl groups is 1. The Bertz CT molecular complexity index is 495. The maximum atomic E-state index is 11.7. The zero-order chi connectivity index (χ0) is 15.4. The predicted octanol–water partition coefficient (Wildman–Crippen LogP) is 2.65. The summed E-state index contributed by atoms with van der Waals surface area (Å²) in [5, 5.41) is 19.9. The van der Waals surface area contributed by atoms with Crippen molar-refractivity contribution in [2.24, 2.45) is 5.92 Å². The van der Waals surface area contributed by atoms with Gasteiger partial charge in [-0.2, -0.15) is 0 Å². The molecule has 2 N–H and O–H groups in total. The molecular weight excluding hydrogens is 270 g/mol. The number of hydrogen-bond donors (Lipinski definition) is 2. The molecule has 1 fully saturated rings. The molecule has 1 aliphatic heterocycles. The number of rotatable bonds is 5. The third-order valence-electron chi connectivity index (χ3n) is 4.04. The van der Waals surface area contributed by atoms with Crippen LogP contribution in [0.25, 0.3) is 0 Å². The number of phenols is 1. The van der Waals surface area contributed by atoms with E-state index in [0.29, 0.717) is 23.8 Å². The van der Waals surface area contributed by atoms with Crippen molar-refractivity contribution in [1.29, 1.82) is 0 Å². The molecule has 0 saturated carbocycles. The van der Waals surface area contributed by atoms with Gasteiger partial charge in [0, 0.05) is 5.56 Å². The minimum atomic E-state index is -0.937. The molecule has 1 aromatic rings. The number of carbonyl (C=O) groups is 1. The molecule has 0 bridgehead atoms. The van der Waals surface area contributed by atoms with Gasteiger partial charge in [0.05, 0.1) is 6.61 Å². The lowest BCUT2D eigenvalue weighted by Crippen LogP contribution is -2.39. The number of likely N-dealkylation sites (tertiary alicyclic amines) is 1. The molecule has 1 aliphatic rings. The van der Waals surface area contributed by atoms with Crippen molar-refractivity contribution in [2.75, 3.05) is 19.7 Å². The summed E-state index contributed by atoms with van der Waals surface area (Å²) in [7, 11) is 0. The van der Waals surface area contributed by atoms with E-state index in [1.807, 2.05) is 11.8 Å². The second kappa shape index (κ2) is 6.80. The molecule has 0 spiro atoms. The van der Waals surface area contributed by atoms with Gasteiger partial charge >= 0.3 is 5.97 Å². The van der Waals surface area contributed by atoms with Crippen LogP contribution in [0.15, 0.2) is 18.2 Å². The van der Waals surface area contributed by atoms with Gasteiger partial charge in [-0.1, -0.05) is 19.1 Å². The summed E-state index contributed by atoms with van der Waals surface area (Å²) in [5.41, 5.74) is 0.406. The molecule has 116 valence electrons. The minimum absolute atomic E-state index is 0.0645. The average Bonchev–Trinajstić information content (AvgIpc) is 2.45. The van der Waals surface area contributed by atoms with E-state index in [-0.39, 0.29) is 5.75 Å². The fourth-order valence-electron chi connectivity index (χ4n) is 2.80. The van der Waals surface area contributed by atoms with Crippen LogP contribution in [-0.4, -0.2) is 40.8 Å². The molecule has 5 heteroatoms.